The molecule has 2 aliphatic heterocycles. The van der Waals surface area contributed by atoms with E-state index in [1.54, 1.807) is 27.9 Å². The predicted molar refractivity (Wildman–Crippen MR) is 156 cm³/mol. The third-order valence-electron chi connectivity index (χ3n) is 7.81. The molecule has 0 unspecified atom stereocenters. The highest BCUT2D eigenvalue weighted by Crippen LogP contribution is 2.33. The number of nitrogens with zero attached hydrogens (tertiary/aromatic N) is 4. The van der Waals surface area contributed by atoms with Crippen molar-refractivity contribution >= 4 is 12.0 Å². The molecule has 9 heteroatoms. The van der Waals surface area contributed by atoms with E-state index in [4.69, 9.17) is 4.74 Å². The SMILES string of the molecule is CC(C)(C)OC(=O)N1CCC(c2c(C(=O)NC3CCN(Cc4ccccc4)CC3)cnn2-c2cccc(F)c2)CC1. The first-order valence-corrected chi connectivity index (χ1v) is 14.6. The van der Waals surface area contributed by atoms with Gasteiger partial charge in [0.05, 0.1) is 23.1 Å². The van der Waals surface area contributed by atoms with Gasteiger partial charge in [-0.2, -0.15) is 5.10 Å². The van der Waals surface area contributed by atoms with E-state index in [-0.39, 0.29) is 29.8 Å². The first kappa shape index (κ1) is 28.8. The van der Waals surface area contributed by atoms with Gasteiger partial charge in [-0.1, -0.05) is 36.4 Å². The minimum absolute atomic E-state index is 0.0204. The van der Waals surface area contributed by atoms with Crippen molar-refractivity contribution in [1.82, 2.24) is 24.9 Å². The Balaban J connectivity index is 1.28. The first-order chi connectivity index (χ1) is 19.7. The van der Waals surface area contributed by atoms with E-state index in [0.29, 0.717) is 37.2 Å². The molecular formula is C32H40FN5O3. The van der Waals surface area contributed by atoms with Gasteiger partial charge in [0.2, 0.25) is 0 Å². The number of piperidine rings is 2. The molecule has 2 amide bonds. The van der Waals surface area contributed by atoms with Crippen molar-refractivity contribution in [3.8, 4) is 5.69 Å². The molecule has 0 saturated carbocycles. The molecule has 41 heavy (non-hydrogen) atoms. The quantitative estimate of drug-likeness (QED) is 0.429. The molecule has 1 N–H and O–H groups in total. The summed E-state index contributed by atoms with van der Waals surface area (Å²) in [6.07, 6.45) is 4.32. The number of aromatic nitrogens is 2. The van der Waals surface area contributed by atoms with Crippen molar-refractivity contribution in [2.24, 2.45) is 0 Å². The molecule has 0 radical (unpaired) electrons. The van der Waals surface area contributed by atoms with Gasteiger partial charge in [0.1, 0.15) is 11.4 Å². The second kappa shape index (κ2) is 12.4. The normalized spacial score (nSPS) is 17.4. The molecule has 0 atom stereocenters. The number of rotatable bonds is 6. The second-order valence-corrected chi connectivity index (χ2v) is 12.1. The van der Waals surface area contributed by atoms with Crippen molar-refractivity contribution in [1.29, 1.82) is 0 Å². The van der Waals surface area contributed by atoms with Gasteiger partial charge in [0.25, 0.3) is 5.91 Å². The highest BCUT2D eigenvalue weighted by molar-refractivity contribution is 5.95. The van der Waals surface area contributed by atoms with Gasteiger partial charge in [0.15, 0.2) is 0 Å². The third-order valence-corrected chi connectivity index (χ3v) is 7.81. The summed E-state index contributed by atoms with van der Waals surface area (Å²) in [5, 5.41) is 7.80. The number of carbonyl (C=O) groups is 2. The lowest BCUT2D eigenvalue weighted by Gasteiger charge is -2.34. The van der Waals surface area contributed by atoms with Gasteiger partial charge in [0, 0.05) is 44.7 Å². The van der Waals surface area contributed by atoms with Crippen LogP contribution in [0.5, 0.6) is 0 Å². The molecule has 2 aromatic carbocycles. The molecule has 218 valence electrons. The Hall–Kier alpha value is -3.72. The summed E-state index contributed by atoms with van der Waals surface area (Å²) in [4.78, 5) is 30.4. The molecule has 5 rings (SSSR count). The smallest absolute Gasteiger partial charge is 0.410 e. The Morgan fingerprint density at radius 1 is 0.976 bits per heavy atom. The minimum atomic E-state index is -0.563. The van der Waals surface area contributed by atoms with E-state index in [2.05, 4.69) is 39.6 Å². The van der Waals surface area contributed by atoms with Crippen molar-refractivity contribution in [2.45, 2.75) is 70.6 Å². The van der Waals surface area contributed by atoms with Crippen LogP contribution in [0.2, 0.25) is 0 Å². The summed E-state index contributed by atoms with van der Waals surface area (Å²) in [6.45, 7) is 9.32. The molecule has 0 spiro atoms. The van der Waals surface area contributed by atoms with Crippen LogP contribution >= 0.6 is 0 Å². The standard InChI is InChI=1S/C32H40FN5O3/c1-32(2,3)41-31(40)37-18-12-24(13-19-37)29-28(21-34-38(29)27-11-7-10-25(33)20-27)30(39)35-26-14-16-36(17-15-26)22-23-8-5-4-6-9-23/h4-11,20-21,24,26H,12-19,22H2,1-3H3,(H,35,39). The highest BCUT2D eigenvalue weighted by Gasteiger charge is 2.33. The van der Waals surface area contributed by atoms with Crippen LogP contribution < -0.4 is 5.32 Å². The molecule has 2 saturated heterocycles. The molecule has 3 heterocycles. The van der Waals surface area contributed by atoms with Crippen molar-refractivity contribution < 1.29 is 18.7 Å². The molecule has 2 fully saturated rings. The Bertz CT molecular complexity index is 1340. The first-order valence-electron chi connectivity index (χ1n) is 14.6. The van der Waals surface area contributed by atoms with Crippen LogP contribution in [0.1, 0.15) is 74.0 Å². The number of ether oxygens (including phenoxy) is 1. The van der Waals surface area contributed by atoms with Crippen LogP contribution in [-0.2, 0) is 11.3 Å². The van der Waals surface area contributed by atoms with Crippen molar-refractivity contribution in [2.75, 3.05) is 26.2 Å². The second-order valence-electron chi connectivity index (χ2n) is 12.1. The summed E-state index contributed by atoms with van der Waals surface area (Å²) < 4.78 is 21.4. The van der Waals surface area contributed by atoms with Crippen molar-refractivity contribution in [3.05, 3.63) is 83.4 Å². The summed E-state index contributed by atoms with van der Waals surface area (Å²) >= 11 is 0. The molecule has 2 aliphatic rings. The summed E-state index contributed by atoms with van der Waals surface area (Å²) in [6, 6.07) is 16.8. The van der Waals surface area contributed by atoms with Crippen LogP contribution in [0.3, 0.4) is 0 Å². The Kier molecular flexibility index (Phi) is 8.73. The molecule has 1 aromatic heterocycles. The predicted octanol–water partition coefficient (Wildman–Crippen LogP) is 5.52. The molecule has 3 aromatic rings. The van der Waals surface area contributed by atoms with Gasteiger partial charge in [-0.15, -0.1) is 0 Å². The van der Waals surface area contributed by atoms with Gasteiger partial charge in [-0.05, 0) is 70.2 Å². The lowest BCUT2D eigenvalue weighted by atomic mass is 9.90. The number of amides is 2. The Labute approximate surface area is 241 Å². The van der Waals surface area contributed by atoms with Crippen molar-refractivity contribution in [3.63, 3.8) is 0 Å². The fraction of sp³-hybridized carbons (Fsp3) is 0.469. The fourth-order valence-electron chi connectivity index (χ4n) is 5.74. The third kappa shape index (κ3) is 7.33. The average molecular weight is 562 g/mol. The van der Waals surface area contributed by atoms with Gasteiger partial charge >= 0.3 is 6.09 Å². The van der Waals surface area contributed by atoms with Gasteiger partial charge in [-0.3, -0.25) is 9.69 Å². The van der Waals surface area contributed by atoms with E-state index in [9.17, 15) is 14.0 Å². The number of carbonyl (C=O) groups excluding carboxylic acids is 2. The fourth-order valence-corrected chi connectivity index (χ4v) is 5.74. The zero-order valence-electron chi connectivity index (χ0n) is 24.2. The topological polar surface area (TPSA) is 79.7 Å². The average Bonchev–Trinajstić information content (AvgIpc) is 3.39. The summed E-state index contributed by atoms with van der Waals surface area (Å²) in [5.41, 5.74) is 2.58. The van der Waals surface area contributed by atoms with Gasteiger partial charge in [-0.25, -0.2) is 13.9 Å². The number of hydrogen-bond donors (Lipinski definition) is 1. The van der Waals surface area contributed by atoms with E-state index in [1.165, 1.54) is 17.7 Å². The molecular weight excluding hydrogens is 521 g/mol. The maximum absolute atomic E-state index is 14.2. The number of halogens is 1. The Morgan fingerprint density at radius 2 is 1.68 bits per heavy atom. The maximum atomic E-state index is 14.2. The van der Waals surface area contributed by atoms with Crippen LogP contribution in [0, 0.1) is 5.82 Å². The zero-order valence-corrected chi connectivity index (χ0v) is 24.2. The molecule has 8 nitrogen and oxygen atoms in total. The summed E-state index contributed by atoms with van der Waals surface area (Å²) in [5.74, 6) is -0.538. The Morgan fingerprint density at radius 3 is 2.34 bits per heavy atom. The van der Waals surface area contributed by atoms with Crippen LogP contribution in [0.15, 0.2) is 60.8 Å². The van der Waals surface area contributed by atoms with E-state index < -0.39 is 5.60 Å². The monoisotopic (exact) mass is 561 g/mol. The molecule has 0 bridgehead atoms. The number of nitrogens with one attached hydrogen (secondary N) is 1. The lowest BCUT2D eigenvalue weighted by molar-refractivity contribution is 0.0203. The van der Waals surface area contributed by atoms with E-state index >= 15 is 0 Å². The zero-order chi connectivity index (χ0) is 29.0. The number of hydrogen-bond acceptors (Lipinski definition) is 5. The van der Waals surface area contributed by atoms with Crippen LogP contribution in [0.25, 0.3) is 5.69 Å². The van der Waals surface area contributed by atoms with Gasteiger partial charge < -0.3 is 15.0 Å². The maximum Gasteiger partial charge on any atom is 0.410 e. The number of likely N-dealkylation sites (tertiary alicyclic amines) is 2. The van der Waals surface area contributed by atoms with Crippen LogP contribution in [-0.4, -0.2) is 69.4 Å². The lowest BCUT2D eigenvalue weighted by Crippen LogP contribution is -2.44. The van der Waals surface area contributed by atoms with Crippen LogP contribution in [0.4, 0.5) is 9.18 Å². The highest BCUT2D eigenvalue weighted by atomic mass is 19.1. The van der Waals surface area contributed by atoms with E-state index in [1.807, 2.05) is 26.8 Å². The summed E-state index contributed by atoms with van der Waals surface area (Å²) in [7, 11) is 0. The molecule has 0 aliphatic carbocycles. The van der Waals surface area contributed by atoms with E-state index in [0.717, 1.165) is 38.2 Å². The minimum Gasteiger partial charge on any atom is -0.444 e. The largest absolute Gasteiger partial charge is 0.444 e. The number of benzene rings is 2.